The number of hydrogen-bond donors (Lipinski definition) is 2. The molecule has 230 valence electrons. The van der Waals surface area contributed by atoms with Gasteiger partial charge in [-0.25, -0.2) is 13.4 Å². The largest absolute Gasteiger partial charge is 0.619 e. The first-order valence-corrected chi connectivity index (χ1v) is 15.5. The van der Waals surface area contributed by atoms with Crippen LogP contribution >= 0.6 is 0 Å². The van der Waals surface area contributed by atoms with Crippen LogP contribution < -0.4 is 14.8 Å². The number of nitrogens with zero attached hydrogens (tertiary/aromatic N) is 3. The van der Waals surface area contributed by atoms with Crippen LogP contribution in [0.15, 0.2) is 70.2 Å². The molecular formula is C31H38N4O7S. The molecule has 0 fully saturated rings. The molecule has 0 spiro atoms. The lowest BCUT2D eigenvalue weighted by atomic mass is 10.0. The van der Waals surface area contributed by atoms with Crippen molar-refractivity contribution in [1.82, 2.24) is 14.6 Å². The van der Waals surface area contributed by atoms with E-state index in [0.29, 0.717) is 38.6 Å². The molecule has 43 heavy (non-hydrogen) atoms. The Bertz CT molecular complexity index is 1650. The van der Waals surface area contributed by atoms with Gasteiger partial charge in [0.1, 0.15) is 11.3 Å². The molecular weight excluding hydrogens is 572 g/mol. The van der Waals surface area contributed by atoms with Crippen LogP contribution in [0.5, 0.6) is 5.75 Å². The van der Waals surface area contributed by atoms with Gasteiger partial charge in [-0.3, -0.25) is 4.79 Å². The van der Waals surface area contributed by atoms with Gasteiger partial charge in [-0.15, -0.1) is 0 Å². The first-order chi connectivity index (χ1) is 20.3. The van der Waals surface area contributed by atoms with Crippen LogP contribution in [0.25, 0.3) is 11.1 Å². The first kappa shape index (κ1) is 31.9. The lowest BCUT2D eigenvalue weighted by Crippen LogP contribution is -2.52. The van der Waals surface area contributed by atoms with Gasteiger partial charge in [0.15, 0.2) is 30.5 Å². The number of aromatic nitrogens is 2. The fourth-order valence-corrected chi connectivity index (χ4v) is 6.59. The average Bonchev–Trinajstić information content (AvgIpc) is 3.31. The smallest absolute Gasteiger partial charge is 0.258 e. The number of carbonyl (C=O) groups is 1. The normalized spacial score (nSPS) is 13.4. The summed E-state index contributed by atoms with van der Waals surface area (Å²) in [5.74, 6) is 0.311. The minimum Gasteiger partial charge on any atom is -0.619 e. The predicted octanol–water partition coefficient (Wildman–Crippen LogP) is 3.20. The molecule has 4 aromatic rings. The van der Waals surface area contributed by atoms with Crippen LogP contribution in [0.2, 0.25) is 0 Å². The number of rotatable bonds is 13. The highest BCUT2D eigenvalue weighted by atomic mass is 32.2. The van der Waals surface area contributed by atoms with Gasteiger partial charge < -0.3 is 24.8 Å². The molecule has 0 radical (unpaired) electrons. The number of fused-ring (bicyclic) bond motifs is 1. The van der Waals surface area contributed by atoms with Crippen molar-refractivity contribution in [2.24, 2.45) is 5.92 Å². The van der Waals surface area contributed by atoms with Crippen LogP contribution in [-0.2, 0) is 21.2 Å². The van der Waals surface area contributed by atoms with E-state index < -0.39 is 28.1 Å². The van der Waals surface area contributed by atoms with Crippen LogP contribution in [-0.4, -0.2) is 60.6 Å². The average molecular weight is 611 g/mol. The Morgan fingerprint density at radius 2 is 1.77 bits per heavy atom. The van der Waals surface area contributed by atoms with Crippen molar-refractivity contribution >= 4 is 27.0 Å². The number of hydrogen-bond acceptors (Lipinski definition) is 8. The third-order valence-corrected chi connectivity index (χ3v) is 8.71. The van der Waals surface area contributed by atoms with Crippen molar-refractivity contribution < 1.29 is 32.2 Å². The molecule has 4 rings (SSSR count). The summed E-state index contributed by atoms with van der Waals surface area (Å²) in [5, 5.41) is 26.0. The number of aryl methyl sites for hydroxylation is 3. The van der Waals surface area contributed by atoms with Crippen molar-refractivity contribution in [3.05, 3.63) is 88.7 Å². The fraction of sp³-hybridized carbons (Fsp3) is 0.387. The van der Waals surface area contributed by atoms with Crippen LogP contribution in [0, 0.1) is 31.9 Å². The molecule has 2 heterocycles. The molecule has 0 bridgehead atoms. The molecule has 2 atom stereocenters. The van der Waals surface area contributed by atoms with Gasteiger partial charge in [-0.1, -0.05) is 44.2 Å². The highest BCUT2D eigenvalue weighted by Gasteiger charge is 2.32. The standard InChI is InChI=1S/C31H38N4O7S/c1-20(2)15-35(43(39,40)25-11-12-26-29(14-25)42-23(5)32-26)18-28(36)27(13-24-9-7-6-8-10-24)33-30(37)19-41-31-21(3)16-34(38)17-22(31)4/h6-12,14,16-17,20,27-28,36H,13,15,18-19H2,1-5H3,(H,33,37)/t27-,28+/m0/s1. The molecule has 0 aliphatic rings. The summed E-state index contributed by atoms with van der Waals surface area (Å²) in [6.07, 6.45) is 1.71. The SMILES string of the molecule is Cc1nc2ccc(S(=O)(=O)N(CC(C)C)C[C@@H](O)[C@H](Cc3ccccc3)NC(=O)COc3c(C)c[n+]([O-])cc3C)cc2o1. The lowest BCUT2D eigenvalue weighted by Gasteiger charge is -2.30. The first-order valence-electron chi connectivity index (χ1n) is 14.0. The van der Waals surface area contributed by atoms with Gasteiger partial charge in [0.25, 0.3) is 5.91 Å². The van der Waals surface area contributed by atoms with Gasteiger partial charge in [-0.05, 0) is 43.9 Å². The number of sulfonamides is 1. The van der Waals surface area contributed by atoms with Crippen molar-refractivity contribution in [3.8, 4) is 5.75 Å². The zero-order valence-electron chi connectivity index (χ0n) is 25.0. The van der Waals surface area contributed by atoms with E-state index in [1.54, 1.807) is 26.8 Å². The Kier molecular flexibility index (Phi) is 10.0. The zero-order chi connectivity index (χ0) is 31.3. The van der Waals surface area contributed by atoms with Crippen LogP contribution in [0.4, 0.5) is 0 Å². The van der Waals surface area contributed by atoms with Gasteiger partial charge in [0.2, 0.25) is 10.0 Å². The summed E-state index contributed by atoms with van der Waals surface area (Å²) in [7, 11) is -4.05. The summed E-state index contributed by atoms with van der Waals surface area (Å²) in [4.78, 5) is 17.3. The van der Waals surface area contributed by atoms with E-state index in [9.17, 15) is 23.5 Å². The molecule has 2 aromatic heterocycles. The van der Waals surface area contributed by atoms with Crippen molar-refractivity contribution in [2.45, 2.75) is 58.1 Å². The molecule has 0 unspecified atom stereocenters. The predicted molar refractivity (Wildman–Crippen MR) is 161 cm³/mol. The maximum Gasteiger partial charge on any atom is 0.258 e. The van der Waals surface area contributed by atoms with Crippen LogP contribution in [0.1, 0.15) is 36.4 Å². The Hall–Kier alpha value is -4.00. The summed E-state index contributed by atoms with van der Waals surface area (Å²) in [5.41, 5.74) is 2.92. The number of ether oxygens (including phenoxy) is 1. The maximum absolute atomic E-state index is 13.8. The minimum absolute atomic E-state index is 0.0223. The van der Waals surface area contributed by atoms with E-state index in [-0.39, 0.29) is 36.9 Å². The number of nitrogens with one attached hydrogen (secondary N) is 1. The Morgan fingerprint density at radius 3 is 2.42 bits per heavy atom. The summed E-state index contributed by atoms with van der Waals surface area (Å²) < 4.78 is 40.8. The monoisotopic (exact) mass is 610 g/mol. The quantitative estimate of drug-likeness (QED) is 0.173. The third kappa shape index (κ3) is 8.09. The maximum atomic E-state index is 13.8. The second kappa shape index (κ2) is 13.5. The minimum atomic E-state index is -4.05. The summed E-state index contributed by atoms with van der Waals surface area (Å²) >= 11 is 0. The highest BCUT2D eigenvalue weighted by Crippen LogP contribution is 2.24. The van der Waals surface area contributed by atoms with Gasteiger partial charge in [0, 0.05) is 26.1 Å². The second-order valence-corrected chi connectivity index (χ2v) is 13.0. The molecule has 0 saturated heterocycles. The Morgan fingerprint density at radius 1 is 1.09 bits per heavy atom. The van der Waals surface area contributed by atoms with E-state index in [2.05, 4.69) is 10.3 Å². The van der Waals surface area contributed by atoms with Crippen LogP contribution in [0.3, 0.4) is 0 Å². The third-order valence-electron chi connectivity index (χ3n) is 6.88. The molecule has 0 aliphatic heterocycles. The molecule has 2 N–H and O–H groups in total. The molecule has 1 amide bonds. The number of oxazole rings is 1. The number of aliphatic hydroxyl groups is 1. The number of aliphatic hydroxyl groups excluding tert-OH is 1. The second-order valence-electron chi connectivity index (χ2n) is 11.1. The van der Waals surface area contributed by atoms with Gasteiger partial charge in [0.05, 0.1) is 28.2 Å². The van der Waals surface area contributed by atoms with E-state index in [4.69, 9.17) is 9.15 Å². The van der Waals surface area contributed by atoms with E-state index in [0.717, 1.165) is 5.56 Å². The Balaban J connectivity index is 1.55. The van der Waals surface area contributed by atoms with Gasteiger partial charge >= 0.3 is 0 Å². The van der Waals surface area contributed by atoms with Crippen molar-refractivity contribution in [2.75, 3.05) is 19.7 Å². The summed E-state index contributed by atoms with van der Waals surface area (Å²) in [6.45, 7) is 8.42. The number of amides is 1. The number of carbonyl (C=O) groups excluding carboxylic acids is 1. The molecule has 0 aliphatic carbocycles. The van der Waals surface area contributed by atoms with Gasteiger partial charge in [-0.2, -0.15) is 9.04 Å². The summed E-state index contributed by atoms with van der Waals surface area (Å²) in [6, 6.07) is 13.0. The molecule has 11 nitrogen and oxygen atoms in total. The fourth-order valence-electron chi connectivity index (χ4n) is 4.96. The highest BCUT2D eigenvalue weighted by molar-refractivity contribution is 7.89. The van der Waals surface area contributed by atoms with Crippen molar-refractivity contribution in [3.63, 3.8) is 0 Å². The van der Waals surface area contributed by atoms with E-state index in [1.807, 2.05) is 44.2 Å². The topological polar surface area (TPSA) is 149 Å². The molecule has 12 heteroatoms. The number of pyridine rings is 1. The number of benzene rings is 2. The van der Waals surface area contributed by atoms with E-state index in [1.165, 1.54) is 28.8 Å². The van der Waals surface area contributed by atoms with E-state index >= 15 is 0 Å². The lowest BCUT2D eigenvalue weighted by molar-refractivity contribution is -0.606. The Labute approximate surface area is 251 Å². The molecule has 0 saturated carbocycles. The zero-order valence-corrected chi connectivity index (χ0v) is 25.8. The molecule has 2 aromatic carbocycles. The van der Waals surface area contributed by atoms with Crippen molar-refractivity contribution in [1.29, 1.82) is 0 Å².